The van der Waals surface area contributed by atoms with E-state index >= 15 is 0 Å². The lowest BCUT2D eigenvalue weighted by Crippen LogP contribution is -2.41. The number of carbonyl (C=O) groups is 1. The summed E-state index contributed by atoms with van der Waals surface area (Å²) >= 11 is 0. The standard InChI is InChI=1S/C23H29NO5/c1-4-29-18-10-5-8-16(14-18)22(24-13-7-9-17(15-24)23(25)26)21-19(27-2)11-6-12-20(21)28-3/h5-6,8,10-12,14,17,22H,4,7,9,13,15H2,1-3H3,(H,25,26). The molecule has 1 saturated heterocycles. The summed E-state index contributed by atoms with van der Waals surface area (Å²) in [5, 5.41) is 9.60. The fourth-order valence-electron chi connectivity index (χ4n) is 4.09. The first-order valence-electron chi connectivity index (χ1n) is 9.99. The van der Waals surface area contributed by atoms with Gasteiger partial charge in [0.2, 0.25) is 0 Å². The van der Waals surface area contributed by atoms with E-state index in [1.165, 1.54) is 0 Å². The molecule has 1 aliphatic heterocycles. The maximum Gasteiger partial charge on any atom is 0.307 e. The molecule has 29 heavy (non-hydrogen) atoms. The molecule has 1 N–H and O–H groups in total. The molecule has 1 heterocycles. The van der Waals surface area contributed by atoms with Gasteiger partial charge in [-0.25, -0.2) is 0 Å². The lowest BCUT2D eigenvalue weighted by molar-refractivity contribution is -0.143. The molecular weight excluding hydrogens is 370 g/mol. The Morgan fingerprint density at radius 3 is 2.48 bits per heavy atom. The van der Waals surface area contributed by atoms with Crippen molar-refractivity contribution in [2.45, 2.75) is 25.8 Å². The van der Waals surface area contributed by atoms with Gasteiger partial charge in [0.25, 0.3) is 0 Å². The molecule has 0 radical (unpaired) electrons. The molecule has 2 aromatic carbocycles. The quantitative estimate of drug-likeness (QED) is 0.724. The first-order chi connectivity index (χ1) is 14.1. The Kier molecular flexibility index (Phi) is 6.99. The van der Waals surface area contributed by atoms with Crippen LogP contribution in [0.2, 0.25) is 0 Å². The van der Waals surface area contributed by atoms with Crippen LogP contribution in [0.4, 0.5) is 0 Å². The Hall–Kier alpha value is -2.73. The second kappa shape index (κ2) is 9.65. The zero-order valence-corrected chi connectivity index (χ0v) is 17.3. The predicted octanol–water partition coefficient (Wildman–Crippen LogP) is 3.99. The average Bonchev–Trinajstić information content (AvgIpc) is 2.75. The zero-order chi connectivity index (χ0) is 20.8. The monoisotopic (exact) mass is 399 g/mol. The van der Waals surface area contributed by atoms with Crippen LogP contribution in [-0.4, -0.2) is 49.9 Å². The number of rotatable bonds is 8. The van der Waals surface area contributed by atoms with Crippen LogP contribution in [0.1, 0.15) is 36.9 Å². The van der Waals surface area contributed by atoms with E-state index in [4.69, 9.17) is 14.2 Å². The summed E-state index contributed by atoms with van der Waals surface area (Å²) in [6.45, 7) is 3.81. The smallest absolute Gasteiger partial charge is 0.307 e. The van der Waals surface area contributed by atoms with E-state index in [1.54, 1.807) is 14.2 Å². The van der Waals surface area contributed by atoms with Crippen LogP contribution in [0.25, 0.3) is 0 Å². The average molecular weight is 399 g/mol. The number of piperidine rings is 1. The number of benzene rings is 2. The maximum absolute atomic E-state index is 11.7. The van der Waals surface area contributed by atoms with Crippen LogP contribution in [0, 0.1) is 5.92 Å². The lowest BCUT2D eigenvalue weighted by Gasteiger charge is -2.38. The zero-order valence-electron chi connectivity index (χ0n) is 17.3. The van der Waals surface area contributed by atoms with E-state index in [1.807, 2.05) is 49.4 Å². The minimum atomic E-state index is -0.747. The topological polar surface area (TPSA) is 68.2 Å². The molecule has 0 aromatic heterocycles. The minimum Gasteiger partial charge on any atom is -0.496 e. The van der Waals surface area contributed by atoms with Gasteiger partial charge in [-0.1, -0.05) is 18.2 Å². The third-order valence-electron chi connectivity index (χ3n) is 5.39. The van der Waals surface area contributed by atoms with Crippen LogP contribution >= 0.6 is 0 Å². The number of likely N-dealkylation sites (tertiary alicyclic amines) is 1. The summed E-state index contributed by atoms with van der Waals surface area (Å²) in [6.07, 6.45) is 1.52. The summed E-state index contributed by atoms with van der Waals surface area (Å²) in [7, 11) is 3.28. The Morgan fingerprint density at radius 1 is 1.17 bits per heavy atom. The first-order valence-corrected chi connectivity index (χ1v) is 9.99. The number of ether oxygens (including phenoxy) is 3. The number of carboxylic acids is 1. The van der Waals surface area contributed by atoms with E-state index in [9.17, 15) is 9.90 Å². The van der Waals surface area contributed by atoms with Crippen molar-refractivity contribution in [1.29, 1.82) is 0 Å². The second-order valence-corrected chi connectivity index (χ2v) is 7.16. The molecule has 156 valence electrons. The third kappa shape index (κ3) is 4.65. The van der Waals surface area contributed by atoms with Crippen LogP contribution < -0.4 is 14.2 Å². The molecular formula is C23H29NO5. The van der Waals surface area contributed by atoms with Crippen LogP contribution in [0.5, 0.6) is 17.2 Å². The molecule has 3 rings (SSSR count). The van der Waals surface area contributed by atoms with Crippen molar-refractivity contribution in [3.8, 4) is 17.2 Å². The SMILES string of the molecule is CCOc1cccc(C(c2c(OC)cccc2OC)N2CCCC(C(=O)O)C2)c1. The van der Waals surface area contributed by atoms with Gasteiger partial charge in [0.1, 0.15) is 17.2 Å². The van der Waals surface area contributed by atoms with Gasteiger partial charge in [-0.15, -0.1) is 0 Å². The Labute approximate surface area is 172 Å². The lowest BCUT2D eigenvalue weighted by atomic mass is 9.90. The van der Waals surface area contributed by atoms with E-state index in [-0.39, 0.29) is 12.0 Å². The van der Waals surface area contributed by atoms with E-state index in [0.29, 0.717) is 31.1 Å². The molecule has 1 fully saturated rings. The van der Waals surface area contributed by atoms with Crippen LogP contribution in [0.3, 0.4) is 0 Å². The van der Waals surface area contributed by atoms with Crippen molar-refractivity contribution < 1.29 is 24.1 Å². The minimum absolute atomic E-state index is 0.205. The van der Waals surface area contributed by atoms with Gasteiger partial charge < -0.3 is 19.3 Å². The first kappa shape index (κ1) is 21.0. The van der Waals surface area contributed by atoms with Gasteiger partial charge in [-0.3, -0.25) is 9.69 Å². The summed E-state index contributed by atoms with van der Waals surface area (Å²) in [4.78, 5) is 13.9. The van der Waals surface area contributed by atoms with Gasteiger partial charge in [-0.05, 0) is 56.1 Å². The number of hydrogen-bond acceptors (Lipinski definition) is 5. The highest BCUT2D eigenvalue weighted by molar-refractivity contribution is 5.70. The number of carboxylic acid groups (broad SMARTS) is 1. The van der Waals surface area contributed by atoms with Gasteiger partial charge in [0.05, 0.1) is 38.3 Å². The summed E-state index contributed by atoms with van der Waals surface area (Å²) < 4.78 is 17.1. The van der Waals surface area contributed by atoms with Gasteiger partial charge >= 0.3 is 5.97 Å². The van der Waals surface area contributed by atoms with E-state index < -0.39 is 5.97 Å². The highest BCUT2D eigenvalue weighted by Crippen LogP contribution is 2.42. The largest absolute Gasteiger partial charge is 0.496 e. The second-order valence-electron chi connectivity index (χ2n) is 7.16. The Morgan fingerprint density at radius 2 is 1.86 bits per heavy atom. The van der Waals surface area contributed by atoms with Crippen molar-refractivity contribution in [3.05, 3.63) is 53.6 Å². The number of nitrogens with zero attached hydrogens (tertiary/aromatic N) is 1. The highest BCUT2D eigenvalue weighted by Gasteiger charge is 2.34. The van der Waals surface area contributed by atoms with Crippen molar-refractivity contribution in [2.24, 2.45) is 5.92 Å². The normalized spacial score (nSPS) is 18.1. The molecule has 1 aliphatic rings. The van der Waals surface area contributed by atoms with Crippen LogP contribution in [-0.2, 0) is 4.79 Å². The Balaban J connectivity index is 2.13. The third-order valence-corrected chi connectivity index (χ3v) is 5.39. The van der Waals surface area contributed by atoms with Gasteiger partial charge in [-0.2, -0.15) is 0 Å². The highest BCUT2D eigenvalue weighted by atomic mass is 16.5. The fraction of sp³-hybridized carbons (Fsp3) is 0.435. The van der Waals surface area contributed by atoms with Gasteiger partial charge in [0.15, 0.2) is 0 Å². The molecule has 2 atom stereocenters. The molecule has 6 heteroatoms. The number of aliphatic carboxylic acids is 1. The van der Waals surface area contributed by atoms with Crippen molar-refractivity contribution in [3.63, 3.8) is 0 Å². The maximum atomic E-state index is 11.7. The van der Waals surface area contributed by atoms with E-state index in [0.717, 1.165) is 29.8 Å². The summed E-state index contributed by atoms with van der Waals surface area (Å²) in [5.41, 5.74) is 1.92. The molecule has 2 unspecified atom stereocenters. The van der Waals surface area contributed by atoms with Crippen molar-refractivity contribution >= 4 is 5.97 Å². The van der Waals surface area contributed by atoms with Crippen molar-refractivity contribution in [1.82, 2.24) is 4.90 Å². The Bertz CT molecular complexity index is 816. The number of methoxy groups -OCH3 is 2. The molecule has 0 bridgehead atoms. The molecule has 2 aromatic rings. The summed E-state index contributed by atoms with van der Waals surface area (Å²) in [5.74, 6) is 1.09. The molecule has 6 nitrogen and oxygen atoms in total. The van der Waals surface area contributed by atoms with Gasteiger partial charge in [0, 0.05) is 6.54 Å². The molecule has 0 spiro atoms. The molecule has 0 aliphatic carbocycles. The molecule has 0 saturated carbocycles. The van der Waals surface area contributed by atoms with E-state index in [2.05, 4.69) is 4.90 Å². The fourth-order valence-corrected chi connectivity index (χ4v) is 4.09. The van der Waals surface area contributed by atoms with Crippen LogP contribution in [0.15, 0.2) is 42.5 Å². The number of hydrogen-bond donors (Lipinski definition) is 1. The van der Waals surface area contributed by atoms with Crippen molar-refractivity contribution in [2.75, 3.05) is 33.9 Å². The predicted molar refractivity (Wildman–Crippen MR) is 111 cm³/mol. The summed E-state index contributed by atoms with van der Waals surface area (Å²) in [6, 6.07) is 13.5. The molecule has 0 amide bonds.